The Labute approximate surface area is 137 Å². The van der Waals surface area contributed by atoms with Crippen LogP contribution in [0.4, 0.5) is 23.0 Å². The van der Waals surface area contributed by atoms with Gasteiger partial charge in [0.05, 0.1) is 5.56 Å². The number of carbonyl (C=O) groups is 1. The lowest BCUT2D eigenvalue weighted by atomic mass is 10.1. The number of guanidine groups is 1. The molecule has 0 saturated heterocycles. The van der Waals surface area contributed by atoms with E-state index in [-0.39, 0.29) is 17.2 Å². The fourth-order valence-corrected chi connectivity index (χ4v) is 1.79. The number of hydrogen-bond acceptors (Lipinski definition) is 6. The standard InChI is InChI=1S/C14H17N9O/c1-18-6-21-14(17)23-12-5-11(19-7-20-12)22-8-2-3-9(13(16)24)10(15)4-8/h2-7H,15H2,1H3,(H2,16,24)(H4,17,18,19,20,21,22,23). The van der Waals surface area contributed by atoms with Crippen molar-refractivity contribution in [2.45, 2.75) is 0 Å². The molecule has 0 atom stereocenters. The summed E-state index contributed by atoms with van der Waals surface area (Å²) in [6.07, 6.45) is 2.67. The second-order valence-corrected chi connectivity index (χ2v) is 4.59. The minimum absolute atomic E-state index is 0.139. The van der Waals surface area contributed by atoms with Crippen molar-refractivity contribution >= 4 is 41.2 Å². The second-order valence-electron chi connectivity index (χ2n) is 4.59. The highest BCUT2D eigenvalue weighted by Crippen LogP contribution is 2.21. The Hall–Kier alpha value is -3.69. The molecule has 8 N–H and O–H groups in total. The number of carbonyl (C=O) groups excluding carboxylic acids is 1. The summed E-state index contributed by atoms with van der Waals surface area (Å²) in [6.45, 7) is 0. The Morgan fingerprint density at radius 1 is 1.21 bits per heavy atom. The molecule has 0 saturated carbocycles. The number of nitrogens with one attached hydrogen (secondary N) is 2. The summed E-state index contributed by atoms with van der Waals surface area (Å²) in [4.78, 5) is 26.8. The van der Waals surface area contributed by atoms with Crippen LogP contribution >= 0.6 is 0 Å². The highest BCUT2D eigenvalue weighted by molar-refractivity contribution is 5.98. The van der Waals surface area contributed by atoms with Gasteiger partial charge >= 0.3 is 0 Å². The van der Waals surface area contributed by atoms with E-state index in [0.29, 0.717) is 17.3 Å². The molecule has 1 amide bonds. The van der Waals surface area contributed by atoms with Crippen molar-refractivity contribution in [2.24, 2.45) is 21.5 Å². The van der Waals surface area contributed by atoms with Crippen LogP contribution in [0.1, 0.15) is 10.4 Å². The number of amides is 1. The normalized spacial score (nSPS) is 11.5. The van der Waals surface area contributed by atoms with E-state index in [1.54, 1.807) is 25.2 Å². The molecule has 0 aliphatic rings. The third-order valence-corrected chi connectivity index (χ3v) is 2.82. The summed E-state index contributed by atoms with van der Waals surface area (Å²) in [7, 11) is 1.58. The molecule has 0 bridgehead atoms. The van der Waals surface area contributed by atoms with Gasteiger partial charge in [0, 0.05) is 24.5 Å². The SMILES string of the molecule is CN=CN=C(N)Nc1cc(Nc2ccc(C(N)=O)c(N)c2)ncn1. The van der Waals surface area contributed by atoms with Gasteiger partial charge in [0.25, 0.3) is 5.91 Å². The molecule has 2 rings (SSSR count). The molecule has 10 nitrogen and oxygen atoms in total. The van der Waals surface area contributed by atoms with Crippen LogP contribution in [0.25, 0.3) is 0 Å². The summed E-state index contributed by atoms with van der Waals surface area (Å²) in [5.74, 6) is 0.494. The van der Waals surface area contributed by atoms with E-state index >= 15 is 0 Å². The topological polar surface area (TPSA) is 170 Å². The lowest BCUT2D eigenvalue weighted by Gasteiger charge is -2.09. The van der Waals surface area contributed by atoms with Gasteiger partial charge in [0.15, 0.2) is 5.96 Å². The predicted molar refractivity (Wildman–Crippen MR) is 94.3 cm³/mol. The number of aromatic nitrogens is 2. The molecule has 0 fully saturated rings. The Bertz CT molecular complexity index is 801. The second kappa shape index (κ2) is 7.54. The summed E-state index contributed by atoms with van der Waals surface area (Å²) in [5, 5.41) is 5.84. The number of nitrogens with two attached hydrogens (primary N) is 3. The van der Waals surface area contributed by atoms with Crippen LogP contribution in [0, 0.1) is 0 Å². The number of primary amides is 1. The van der Waals surface area contributed by atoms with Crippen LogP contribution in [0.2, 0.25) is 0 Å². The Balaban J connectivity index is 2.15. The fraction of sp³-hybridized carbons (Fsp3) is 0.0714. The molecule has 0 spiro atoms. The molecule has 0 unspecified atom stereocenters. The van der Waals surface area contributed by atoms with Crippen molar-refractivity contribution in [3.8, 4) is 0 Å². The van der Waals surface area contributed by atoms with Gasteiger partial charge in [-0.05, 0) is 18.2 Å². The largest absolute Gasteiger partial charge is 0.398 e. The van der Waals surface area contributed by atoms with Crippen LogP contribution in [0.15, 0.2) is 40.6 Å². The average molecular weight is 327 g/mol. The molecule has 0 radical (unpaired) electrons. The maximum Gasteiger partial charge on any atom is 0.250 e. The van der Waals surface area contributed by atoms with Gasteiger partial charge in [-0.2, -0.15) is 0 Å². The minimum Gasteiger partial charge on any atom is -0.398 e. The number of hydrogen-bond donors (Lipinski definition) is 5. The molecule has 124 valence electrons. The molecule has 0 aliphatic heterocycles. The predicted octanol–water partition coefficient (Wildman–Crippen LogP) is 0.286. The van der Waals surface area contributed by atoms with E-state index in [1.165, 1.54) is 18.7 Å². The molecular formula is C14H17N9O. The zero-order chi connectivity index (χ0) is 17.5. The smallest absolute Gasteiger partial charge is 0.250 e. The number of anilines is 4. The highest BCUT2D eigenvalue weighted by Gasteiger charge is 2.07. The van der Waals surface area contributed by atoms with Crippen molar-refractivity contribution < 1.29 is 4.79 Å². The van der Waals surface area contributed by atoms with Gasteiger partial charge in [-0.1, -0.05) is 0 Å². The third-order valence-electron chi connectivity index (χ3n) is 2.82. The monoisotopic (exact) mass is 327 g/mol. The van der Waals surface area contributed by atoms with Gasteiger partial charge in [-0.15, -0.1) is 0 Å². The summed E-state index contributed by atoms with van der Waals surface area (Å²) in [6, 6.07) is 6.42. The molecule has 0 aliphatic carbocycles. The molecule has 1 aromatic carbocycles. The third kappa shape index (κ3) is 4.40. The molecule has 24 heavy (non-hydrogen) atoms. The fourth-order valence-electron chi connectivity index (χ4n) is 1.79. The minimum atomic E-state index is -0.585. The molecule has 2 aromatic rings. The average Bonchev–Trinajstić information content (AvgIpc) is 2.53. The van der Waals surface area contributed by atoms with Crippen molar-refractivity contribution in [3.63, 3.8) is 0 Å². The lowest BCUT2D eigenvalue weighted by molar-refractivity contribution is 0.100. The first-order valence-corrected chi connectivity index (χ1v) is 6.79. The number of aliphatic imine (C=N–C) groups is 2. The zero-order valence-electron chi connectivity index (χ0n) is 12.9. The van der Waals surface area contributed by atoms with Crippen LogP contribution in [-0.4, -0.2) is 35.2 Å². The first-order valence-electron chi connectivity index (χ1n) is 6.79. The first kappa shape index (κ1) is 16.7. The summed E-state index contributed by atoms with van der Waals surface area (Å²) >= 11 is 0. The van der Waals surface area contributed by atoms with Gasteiger partial charge in [-0.25, -0.2) is 15.0 Å². The Kier molecular flexibility index (Phi) is 5.24. The maximum absolute atomic E-state index is 11.2. The quantitative estimate of drug-likeness (QED) is 0.298. The Morgan fingerprint density at radius 2 is 1.96 bits per heavy atom. The van der Waals surface area contributed by atoms with Crippen molar-refractivity contribution in [3.05, 3.63) is 36.2 Å². The number of benzene rings is 1. The lowest BCUT2D eigenvalue weighted by Crippen LogP contribution is -2.23. The van der Waals surface area contributed by atoms with Gasteiger partial charge in [0.1, 0.15) is 24.3 Å². The first-order chi connectivity index (χ1) is 11.5. The van der Waals surface area contributed by atoms with Crippen molar-refractivity contribution in [1.29, 1.82) is 0 Å². The molecule has 1 heterocycles. The van der Waals surface area contributed by atoms with E-state index in [2.05, 4.69) is 30.6 Å². The maximum atomic E-state index is 11.2. The number of rotatable bonds is 5. The summed E-state index contributed by atoms with van der Waals surface area (Å²) in [5.41, 5.74) is 17.8. The van der Waals surface area contributed by atoms with E-state index in [1.807, 2.05) is 0 Å². The molecule has 1 aromatic heterocycles. The van der Waals surface area contributed by atoms with Crippen LogP contribution < -0.4 is 27.8 Å². The van der Waals surface area contributed by atoms with E-state index < -0.39 is 5.91 Å². The van der Waals surface area contributed by atoms with Gasteiger partial charge < -0.3 is 27.8 Å². The molecule has 10 heteroatoms. The van der Waals surface area contributed by atoms with Crippen LogP contribution in [-0.2, 0) is 0 Å². The number of nitrogen functional groups attached to an aromatic ring is 1. The van der Waals surface area contributed by atoms with E-state index in [9.17, 15) is 4.79 Å². The highest BCUT2D eigenvalue weighted by atomic mass is 16.1. The van der Waals surface area contributed by atoms with Crippen LogP contribution in [0.3, 0.4) is 0 Å². The Morgan fingerprint density at radius 3 is 2.62 bits per heavy atom. The van der Waals surface area contributed by atoms with E-state index in [4.69, 9.17) is 17.2 Å². The summed E-state index contributed by atoms with van der Waals surface area (Å²) < 4.78 is 0. The van der Waals surface area contributed by atoms with Gasteiger partial charge in [-0.3, -0.25) is 9.79 Å². The van der Waals surface area contributed by atoms with Crippen molar-refractivity contribution in [1.82, 2.24) is 9.97 Å². The van der Waals surface area contributed by atoms with Crippen molar-refractivity contribution in [2.75, 3.05) is 23.4 Å². The zero-order valence-corrected chi connectivity index (χ0v) is 12.9. The van der Waals surface area contributed by atoms with Crippen LogP contribution in [0.5, 0.6) is 0 Å². The molecular weight excluding hydrogens is 310 g/mol. The van der Waals surface area contributed by atoms with E-state index in [0.717, 1.165) is 0 Å². The number of nitrogens with zero attached hydrogens (tertiary/aromatic N) is 4. The van der Waals surface area contributed by atoms with Gasteiger partial charge in [0.2, 0.25) is 0 Å².